The van der Waals surface area contributed by atoms with Crippen molar-refractivity contribution in [2.24, 2.45) is 0 Å². The second-order valence-corrected chi connectivity index (χ2v) is 3.78. The summed E-state index contributed by atoms with van der Waals surface area (Å²) in [5.74, 6) is -2.99. The zero-order chi connectivity index (χ0) is 9.47. The number of hydrogen-bond acceptors (Lipinski definition) is 2. The number of carbonyl (C=O) groups is 1. The fourth-order valence-corrected chi connectivity index (χ4v) is 1.43. The minimum Gasteiger partial charge on any atom is -0.352 e. The Morgan fingerprint density at radius 2 is 2.07 bits per heavy atom. The molecule has 1 atom stereocenters. The Balaban J connectivity index is 0.000000980. The van der Waals surface area contributed by atoms with Crippen LogP contribution >= 0.6 is 12.4 Å². The lowest BCUT2D eigenvalue weighted by atomic mass is 10.2. The van der Waals surface area contributed by atoms with E-state index in [0.717, 1.165) is 12.8 Å². The van der Waals surface area contributed by atoms with E-state index in [0.29, 0.717) is 0 Å². The Morgan fingerprint density at radius 3 is 2.50 bits per heavy atom. The maximum Gasteiger partial charge on any atom is 0.262 e. The van der Waals surface area contributed by atoms with Crippen LogP contribution in [0.2, 0.25) is 0 Å². The second-order valence-electron chi connectivity index (χ2n) is 3.78. The molecule has 1 amide bonds. The molecule has 1 saturated carbocycles. The smallest absolute Gasteiger partial charge is 0.262 e. The molecule has 2 aliphatic rings. The van der Waals surface area contributed by atoms with Crippen molar-refractivity contribution in [3.63, 3.8) is 0 Å². The van der Waals surface area contributed by atoms with E-state index in [4.69, 9.17) is 0 Å². The number of amides is 1. The van der Waals surface area contributed by atoms with E-state index in [1.807, 2.05) is 0 Å². The number of nitrogens with one attached hydrogen (secondary N) is 2. The molecule has 0 aromatic carbocycles. The summed E-state index contributed by atoms with van der Waals surface area (Å²) in [5.41, 5.74) is 0. The topological polar surface area (TPSA) is 41.1 Å². The molecule has 6 heteroatoms. The van der Waals surface area contributed by atoms with E-state index in [9.17, 15) is 13.6 Å². The molecule has 2 N–H and O–H groups in total. The van der Waals surface area contributed by atoms with Crippen molar-refractivity contribution in [3.8, 4) is 0 Å². The third-order valence-electron chi connectivity index (χ3n) is 2.35. The van der Waals surface area contributed by atoms with Crippen LogP contribution in [0.4, 0.5) is 8.78 Å². The van der Waals surface area contributed by atoms with Crippen molar-refractivity contribution in [1.29, 1.82) is 0 Å². The van der Waals surface area contributed by atoms with E-state index in [2.05, 4.69) is 10.6 Å². The molecule has 1 aliphatic carbocycles. The summed E-state index contributed by atoms with van der Waals surface area (Å²) in [7, 11) is 0. The maximum absolute atomic E-state index is 12.7. The highest BCUT2D eigenvalue weighted by Crippen LogP contribution is 2.26. The van der Waals surface area contributed by atoms with E-state index >= 15 is 0 Å². The SMILES string of the molecule is Cl.O=C(NC1CC1)[C@@H]1CC(F)(F)CN1. The van der Waals surface area contributed by atoms with Gasteiger partial charge in [-0.1, -0.05) is 0 Å². The maximum atomic E-state index is 12.7. The Morgan fingerprint density at radius 1 is 1.43 bits per heavy atom. The second kappa shape index (κ2) is 3.98. The Bertz CT molecular complexity index is 233. The Labute approximate surface area is 87.0 Å². The molecule has 0 unspecified atom stereocenters. The normalized spacial score (nSPS) is 29.4. The summed E-state index contributed by atoms with van der Waals surface area (Å²) in [6, 6.07) is -0.459. The van der Waals surface area contributed by atoms with Crippen LogP contribution in [0.1, 0.15) is 19.3 Å². The molecule has 2 rings (SSSR count). The summed E-state index contributed by atoms with van der Waals surface area (Å²) < 4.78 is 25.3. The first kappa shape index (κ1) is 11.7. The average molecular weight is 227 g/mol. The molecular formula is C8H13ClF2N2O. The van der Waals surface area contributed by atoms with Gasteiger partial charge in [-0.2, -0.15) is 0 Å². The zero-order valence-corrected chi connectivity index (χ0v) is 8.37. The summed E-state index contributed by atoms with van der Waals surface area (Å²) in [5, 5.41) is 5.22. The molecule has 2 fully saturated rings. The summed E-state index contributed by atoms with van der Waals surface area (Å²) >= 11 is 0. The number of alkyl halides is 2. The molecular weight excluding hydrogens is 214 g/mol. The molecule has 0 aromatic rings. The molecule has 1 saturated heterocycles. The lowest BCUT2D eigenvalue weighted by Gasteiger charge is -2.09. The molecule has 0 aromatic heterocycles. The highest BCUT2D eigenvalue weighted by atomic mass is 35.5. The molecule has 0 radical (unpaired) electrons. The highest BCUT2D eigenvalue weighted by Gasteiger charge is 2.43. The molecule has 1 heterocycles. The monoisotopic (exact) mass is 226 g/mol. The largest absolute Gasteiger partial charge is 0.352 e. The average Bonchev–Trinajstić information content (AvgIpc) is 2.75. The van der Waals surface area contributed by atoms with E-state index in [1.165, 1.54) is 0 Å². The summed E-state index contributed by atoms with van der Waals surface area (Å²) in [4.78, 5) is 11.3. The molecule has 0 bridgehead atoms. The number of hydrogen-bond donors (Lipinski definition) is 2. The van der Waals surface area contributed by atoms with Crippen LogP contribution in [0.15, 0.2) is 0 Å². The van der Waals surface area contributed by atoms with E-state index in [-0.39, 0.29) is 37.3 Å². The molecule has 3 nitrogen and oxygen atoms in total. The van der Waals surface area contributed by atoms with Gasteiger partial charge in [0.05, 0.1) is 12.6 Å². The fraction of sp³-hybridized carbons (Fsp3) is 0.875. The predicted octanol–water partition coefficient (Wildman–Crippen LogP) is 0.684. The standard InChI is InChI=1S/C8H12F2N2O.ClH/c9-8(10)3-6(11-4-8)7(13)12-5-1-2-5;/h5-6,11H,1-4H2,(H,12,13);1H/t6-;/m0./s1. The number of halogens is 3. The third-order valence-corrected chi connectivity index (χ3v) is 2.35. The molecule has 14 heavy (non-hydrogen) atoms. The first-order valence-corrected chi connectivity index (χ1v) is 4.48. The van der Waals surface area contributed by atoms with Gasteiger partial charge in [-0.05, 0) is 12.8 Å². The first-order chi connectivity index (χ1) is 6.07. The van der Waals surface area contributed by atoms with Gasteiger partial charge in [-0.25, -0.2) is 8.78 Å². The van der Waals surface area contributed by atoms with Crippen LogP contribution in [-0.2, 0) is 4.79 Å². The van der Waals surface area contributed by atoms with Crippen molar-refractivity contribution in [3.05, 3.63) is 0 Å². The highest BCUT2D eigenvalue weighted by molar-refractivity contribution is 5.85. The van der Waals surface area contributed by atoms with Gasteiger partial charge in [-0.15, -0.1) is 12.4 Å². The van der Waals surface area contributed by atoms with Gasteiger partial charge in [0.2, 0.25) is 5.91 Å². The third kappa shape index (κ3) is 2.78. The molecule has 1 aliphatic heterocycles. The summed E-state index contributed by atoms with van der Waals surface area (Å²) in [6.45, 7) is -0.379. The van der Waals surface area contributed by atoms with Gasteiger partial charge in [0, 0.05) is 12.5 Å². The minimum absolute atomic E-state index is 0. The van der Waals surface area contributed by atoms with E-state index < -0.39 is 12.0 Å². The van der Waals surface area contributed by atoms with Crippen molar-refractivity contribution in [2.75, 3.05) is 6.54 Å². The number of carbonyl (C=O) groups excluding carboxylic acids is 1. The minimum atomic E-state index is -2.72. The van der Waals surface area contributed by atoms with Crippen LogP contribution in [0.3, 0.4) is 0 Å². The molecule has 0 spiro atoms. The van der Waals surface area contributed by atoms with Gasteiger partial charge in [0.15, 0.2) is 0 Å². The predicted molar refractivity (Wildman–Crippen MR) is 49.8 cm³/mol. The van der Waals surface area contributed by atoms with E-state index in [1.54, 1.807) is 0 Å². The zero-order valence-electron chi connectivity index (χ0n) is 7.56. The van der Waals surface area contributed by atoms with Gasteiger partial charge in [0.1, 0.15) is 0 Å². The lowest BCUT2D eigenvalue weighted by Crippen LogP contribution is -2.41. The van der Waals surface area contributed by atoms with Crippen LogP contribution in [0, 0.1) is 0 Å². The number of rotatable bonds is 2. The first-order valence-electron chi connectivity index (χ1n) is 4.48. The fourth-order valence-electron chi connectivity index (χ4n) is 1.43. The van der Waals surface area contributed by atoms with Gasteiger partial charge >= 0.3 is 0 Å². The van der Waals surface area contributed by atoms with Gasteiger partial charge in [0.25, 0.3) is 5.92 Å². The summed E-state index contributed by atoms with van der Waals surface area (Å²) in [6.07, 6.45) is 1.59. The van der Waals surface area contributed by atoms with Gasteiger partial charge in [-0.3, -0.25) is 10.1 Å². The van der Waals surface area contributed by atoms with Crippen molar-refractivity contribution < 1.29 is 13.6 Å². The molecule has 82 valence electrons. The quantitative estimate of drug-likeness (QED) is 0.727. The van der Waals surface area contributed by atoms with Crippen molar-refractivity contribution in [2.45, 2.75) is 37.3 Å². The van der Waals surface area contributed by atoms with Crippen LogP contribution in [0.25, 0.3) is 0 Å². The Hall–Kier alpha value is -0.420. The van der Waals surface area contributed by atoms with Crippen molar-refractivity contribution >= 4 is 18.3 Å². The van der Waals surface area contributed by atoms with Gasteiger partial charge < -0.3 is 5.32 Å². The Kier molecular flexibility index (Phi) is 3.32. The van der Waals surface area contributed by atoms with Crippen molar-refractivity contribution in [1.82, 2.24) is 10.6 Å². The van der Waals surface area contributed by atoms with Crippen LogP contribution in [-0.4, -0.2) is 30.5 Å². The van der Waals surface area contributed by atoms with Crippen LogP contribution in [0.5, 0.6) is 0 Å². The lowest BCUT2D eigenvalue weighted by molar-refractivity contribution is -0.123. The van der Waals surface area contributed by atoms with Crippen LogP contribution < -0.4 is 10.6 Å².